The Morgan fingerprint density at radius 3 is 1.61 bits per heavy atom. The highest BCUT2D eigenvalue weighted by Gasteiger charge is 2.19. The van der Waals surface area contributed by atoms with E-state index in [1.165, 1.54) is 43.7 Å². The summed E-state index contributed by atoms with van der Waals surface area (Å²) in [5.41, 5.74) is 13.3. The Labute approximate surface area is 330 Å². The van der Waals surface area contributed by atoms with E-state index in [0.717, 1.165) is 50.9 Å². The molecule has 11 aromatic rings. The third-order valence-electron chi connectivity index (χ3n) is 11.1. The normalized spacial score (nSPS) is 11.5. The van der Waals surface area contributed by atoms with Crippen molar-refractivity contribution < 1.29 is 0 Å². The van der Waals surface area contributed by atoms with Crippen molar-refractivity contribution in [2.75, 3.05) is 4.90 Å². The van der Waals surface area contributed by atoms with Crippen LogP contribution in [0.15, 0.2) is 218 Å². The second-order valence-electron chi connectivity index (χ2n) is 14.5. The summed E-state index contributed by atoms with van der Waals surface area (Å²) in [5, 5.41) is 4.90. The van der Waals surface area contributed by atoms with Gasteiger partial charge in [0.1, 0.15) is 5.82 Å². The van der Waals surface area contributed by atoms with E-state index < -0.39 is 0 Å². The van der Waals surface area contributed by atoms with Crippen molar-refractivity contribution in [2.24, 2.45) is 0 Å². The number of hydrogen-bond acceptors (Lipinski definition) is 2. The van der Waals surface area contributed by atoms with Crippen molar-refractivity contribution in [3.63, 3.8) is 0 Å². The van der Waals surface area contributed by atoms with Gasteiger partial charge < -0.3 is 9.47 Å². The molecule has 0 radical (unpaired) electrons. The highest BCUT2D eigenvalue weighted by Crippen LogP contribution is 2.41. The molecule has 0 fully saturated rings. The van der Waals surface area contributed by atoms with Crippen LogP contribution in [-0.4, -0.2) is 14.1 Å². The highest BCUT2D eigenvalue weighted by atomic mass is 15.1. The number of aromatic nitrogens is 3. The molecule has 0 spiro atoms. The average molecular weight is 729 g/mol. The van der Waals surface area contributed by atoms with Crippen LogP contribution in [0.3, 0.4) is 0 Å². The van der Waals surface area contributed by atoms with Crippen molar-refractivity contribution in [3.05, 3.63) is 218 Å². The lowest BCUT2D eigenvalue weighted by Crippen LogP contribution is -2.09. The van der Waals surface area contributed by atoms with E-state index in [2.05, 4.69) is 226 Å². The van der Waals surface area contributed by atoms with E-state index in [0.29, 0.717) is 0 Å². The summed E-state index contributed by atoms with van der Waals surface area (Å²) in [6.07, 6.45) is 0. The van der Waals surface area contributed by atoms with Gasteiger partial charge in [-0.25, -0.2) is 4.98 Å². The molecular formula is C53H36N4. The third-order valence-corrected chi connectivity index (χ3v) is 11.1. The van der Waals surface area contributed by atoms with Crippen LogP contribution in [0.5, 0.6) is 0 Å². The minimum Gasteiger partial charge on any atom is -0.310 e. The number of rotatable bonds is 7. The zero-order chi connectivity index (χ0) is 37.7. The van der Waals surface area contributed by atoms with Crippen LogP contribution >= 0.6 is 0 Å². The van der Waals surface area contributed by atoms with Gasteiger partial charge in [-0.1, -0.05) is 109 Å². The van der Waals surface area contributed by atoms with Crippen molar-refractivity contribution >= 4 is 60.7 Å². The van der Waals surface area contributed by atoms with E-state index >= 15 is 0 Å². The maximum Gasteiger partial charge on any atom is 0.145 e. The predicted molar refractivity (Wildman–Crippen MR) is 238 cm³/mol. The van der Waals surface area contributed by atoms with E-state index in [-0.39, 0.29) is 0 Å². The maximum absolute atomic E-state index is 5.13. The molecule has 0 saturated carbocycles. The molecule has 4 heteroatoms. The molecule has 0 amide bonds. The van der Waals surface area contributed by atoms with Gasteiger partial charge in [-0.15, -0.1) is 0 Å². The Bertz CT molecular complexity index is 3220. The van der Waals surface area contributed by atoms with Crippen LogP contribution in [0.1, 0.15) is 0 Å². The van der Waals surface area contributed by atoms with Gasteiger partial charge >= 0.3 is 0 Å². The quantitative estimate of drug-likeness (QED) is 0.163. The number of anilines is 3. The first-order chi connectivity index (χ1) is 28.3. The molecule has 0 bridgehead atoms. The first-order valence-corrected chi connectivity index (χ1v) is 19.4. The summed E-state index contributed by atoms with van der Waals surface area (Å²) in [7, 11) is 0. The fourth-order valence-electron chi connectivity index (χ4n) is 8.40. The fraction of sp³-hybridized carbons (Fsp3) is 0. The molecule has 0 unspecified atom stereocenters. The van der Waals surface area contributed by atoms with Gasteiger partial charge in [0.2, 0.25) is 0 Å². The Hall–Kier alpha value is -7.69. The molecule has 4 nitrogen and oxygen atoms in total. The molecule has 9 aromatic carbocycles. The maximum atomic E-state index is 5.13. The smallest absolute Gasteiger partial charge is 0.145 e. The standard InChI is InChI=1S/C53H36N4/c1-4-16-42(17-5-1)55(45-29-26-38(27-30-45)53-54-49-22-12-13-23-52(49)57(53)44-20-8-3-9-21-44)46-31-33-51-48(36-46)47-35-41(40-25-24-37-14-10-11-15-39(37)34-40)28-32-50(47)56(51)43-18-6-2-7-19-43/h1-36H. The Kier molecular flexibility index (Phi) is 7.78. The zero-order valence-corrected chi connectivity index (χ0v) is 31.1. The second-order valence-corrected chi connectivity index (χ2v) is 14.5. The number of hydrogen-bond donors (Lipinski definition) is 0. The van der Waals surface area contributed by atoms with Gasteiger partial charge in [0.15, 0.2) is 0 Å². The van der Waals surface area contributed by atoms with E-state index in [9.17, 15) is 0 Å². The van der Waals surface area contributed by atoms with Gasteiger partial charge in [-0.05, 0) is 131 Å². The van der Waals surface area contributed by atoms with E-state index in [4.69, 9.17) is 4.98 Å². The minimum absolute atomic E-state index is 0.914. The highest BCUT2D eigenvalue weighted by molar-refractivity contribution is 6.12. The predicted octanol–water partition coefficient (Wildman–Crippen LogP) is 14.1. The molecule has 2 aromatic heterocycles. The third kappa shape index (κ3) is 5.66. The van der Waals surface area contributed by atoms with Crippen LogP contribution in [0.25, 0.3) is 77.5 Å². The Morgan fingerprint density at radius 1 is 0.333 bits per heavy atom. The lowest BCUT2D eigenvalue weighted by Gasteiger charge is -2.26. The Morgan fingerprint density at radius 2 is 0.860 bits per heavy atom. The van der Waals surface area contributed by atoms with Crippen LogP contribution in [0, 0.1) is 0 Å². The molecule has 0 atom stereocenters. The SMILES string of the molecule is c1ccc(N(c2ccc(-c3nc4ccccc4n3-c3ccccc3)cc2)c2ccc3c(c2)c2cc(-c4ccc5ccccc5c4)ccc2n3-c2ccccc2)cc1. The zero-order valence-electron chi connectivity index (χ0n) is 31.1. The molecular weight excluding hydrogens is 693 g/mol. The average Bonchev–Trinajstić information content (AvgIpc) is 3.83. The molecule has 0 aliphatic carbocycles. The summed E-state index contributed by atoms with van der Waals surface area (Å²) in [6.45, 7) is 0. The topological polar surface area (TPSA) is 26.0 Å². The molecule has 2 heterocycles. The van der Waals surface area contributed by atoms with Crippen molar-refractivity contribution in [3.8, 4) is 33.9 Å². The number of para-hydroxylation sites is 5. The summed E-state index contributed by atoms with van der Waals surface area (Å²) < 4.78 is 4.64. The molecule has 0 N–H and O–H groups in total. The second kappa shape index (κ2) is 13.6. The van der Waals surface area contributed by atoms with E-state index in [1.807, 2.05) is 6.07 Å². The lowest BCUT2D eigenvalue weighted by atomic mass is 9.99. The number of nitrogens with zero attached hydrogens (tertiary/aromatic N) is 4. The first-order valence-electron chi connectivity index (χ1n) is 19.4. The van der Waals surface area contributed by atoms with Crippen molar-refractivity contribution in [1.82, 2.24) is 14.1 Å². The molecule has 57 heavy (non-hydrogen) atoms. The van der Waals surface area contributed by atoms with Gasteiger partial charge in [0, 0.05) is 44.8 Å². The monoisotopic (exact) mass is 728 g/mol. The lowest BCUT2D eigenvalue weighted by molar-refractivity contribution is 1.10. The van der Waals surface area contributed by atoms with E-state index in [1.54, 1.807) is 0 Å². The molecule has 0 saturated heterocycles. The van der Waals surface area contributed by atoms with Gasteiger partial charge in [0.25, 0.3) is 0 Å². The van der Waals surface area contributed by atoms with Crippen molar-refractivity contribution in [1.29, 1.82) is 0 Å². The fourth-order valence-corrected chi connectivity index (χ4v) is 8.40. The molecule has 11 rings (SSSR count). The van der Waals surface area contributed by atoms with Crippen LogP contribution < -0.4 is 4.90 Å². The van der Waals surface area contributed by atoms with Crippen LogP contribution in [0.4, 0.5) is 17.1 Å². The minimum atomic E-state index is 0.914. The number of imidazole rings is 1. The summed E-state index contributed by atoms with van der Waals surface area (Å²) in [4.78, 5) is 7.48. The molecule has 268 valence electrons. The largest absolute Gasteiger partial charge is 0.310 e. The Balaban J connectivity index is 1.07. The summed E-state index contributed by atoms with van der Waals surface area (Å²) in [6, 6.07) is 78.1. The van der Waals surface area contributed by atoms with Crippen LogP contribution in [0.2, 0.25) is 0 Å². The van der Waals surface area contributed by atoms with Crippen LogP contribution in [-0.2, 0) is 0 Å². The summed E-state index contributed by atoms with van der Waals surface area (Å²) in [5.74, 6) is 0.914. The molecule has 0 aliphatic rings. The first kappa shape index (κ1) is 32.7. The number of fused-ring (bicyclic) bond motifs is 5. The molecule has 0 aliphatic heterocycles. The van der Waals surface area contributed by atoms with Gasteiger partial charge in [-0.3, -0.25) is 4.57 Å². The summed E-state index contributed by atoms with van der Waals surface area (Å²) >= 11 is 0. The van der Waals surface area contributed by atoms with Gasteiger partial charge in [0.05, 0.1) is 22.1 Å². The van der Waals surface area contributed by atoms with Gasteiger partial charge in [-0.2, -0.15) is 0 Å². The number of benzene rings is 9. The van der Waals surface area contributed by atoms with Crippen molar-refractivity contribution in [2.45, 2.75) is 0 Å².